The Balaban J connectivity index is 4.90. The summed E-state index contributed by atoms with van der Waals surface area (Å²) in [5.74, 6) is -0.319. The molecule has 15 heavy (non-hydrogen) atoms. The van der Waals surface area contributed by atoms with Gasteiger partial charge < -0.3 is 10.0 Å². The molecule has 0 fully saturated rings. The van der Waals surface area contributed by atoms with E-state index in [1.54, 1.807) is 20.8 Å². The van der Waals surface area contributed by atoms with Gasteiger partial charge in [-0.1, -0.05) is 26.7 Å². The molecule has 4 nitrogen and oxygen atoms in total. The zero-order chi connectivity index (χ0) is 12.2. The van der Waals surface area contributed by atoms with Crippen molar-refractivity contribution in [1.82, 2.24) is 4.90 Å². The number of carboxylic acid groups (broad SMARTS) is 1. The number of nitrogens with zero attached hydrogens (tertiary/aromatic N) is 1. The van der Waals surface area contributed by atoms with E-state index in [-0.39, 0.29) is 6.54 Å². The number of carboxylic acids is 1. The van der Waals surface area contributed by atoms with Crippen LogP contribution >= 0.6 is 0 Å². The molecule has 0 bridgehead atoms. The first kappa shape index (κ1) is 13.5. The number of hydrogen-bond donors (Lipinski definition) is 1. The van der Waals surface area contributed by atoms with Crippen molar-refractivity contribution in [3.8, 4) is 12.3 Å². The van der Waals surface area contributed by atoms with Crippen LogP contribution in [0.1, 0.15) is 20.8 Å². The predicted octanol–water partition coefficient (Wildman–Crippen LogP) is 0.825. The number of amides is 1. The summed E-state index contributed by atoms with van der Waals surface area (Å²) in [5.41, 5.74) is -0.619. The molecule has 0 aliphatic heterocycles. The average Bonchev–Trinajstić information content (AvgIpc) is 2.00. The van der Waals surface area contributed by atoms with Crippen LogP contribution in [0.4, 0.5) is 0 Å². The van der Waals surface area contributed by atoms with Gasteiger partial charge in [0.2, 0.25) is 5.91 Å². The van der Waals surface area contributed by atoms with E-state index in [1.165, 1.54) is 11.9 Å². The summed E-state index contributed by atoms with van der Waals surface area (Å²) in [6.45, 7) is 5.27. The van der Waals surface area contributed by atoms with Gasteiger partial charge >= 0.3 is 5.97 Å². The second-order valence-corrected chi connectivity index (χ2v) is 4.54. The highest BCUT2D eigenvalue weighted by Gasteiger charge is 2.39. The molecule has 0 aromatic rings. The zero-order valence-electron chi connectivity index (χ0n) is 9.57. The van der Waals surface area contributed by atoms with Crippen LogP contribution in [0, 0.1) is 23.7 Å². The Kier molecular flexibility index (Phi) is 4.35. The van der Waals surface area contributed by atoms with Crippen molar-refractivity contribution in [2.45, 2.75) is 20.8 Å². The second-order valence-electron chi connectivity index (χ2n) is 4.54. The van der Waals surface area contributed by atoms with Crippen molar-refractivity contribution >= 4 is 11.9 Å². The molecule has 1 unspecified atom stereocenters. The molecule has 0 heterocycles. The van der Waals surface area contributed by atoms with E-state index in [2.05, 4.69) is 5.92 Å². The fourth-order valence-corrected chi connectivity index (χ4v) is 1.28. The highest BCUT2D eigenvalue weighted by molar-refractivity contribution is 5.97. The molecule has 0 radical (unpaired) electrons. The lowest BCUT2D eigenvalue weighted by Gasteiger charge is -2.29. The number of rotatable bonds is 3. The second kappa shape index (κ2) is 4.83. The zero-order valence-corrected chi connectivity index (χ0v) is 9.57. The van der Waals surface area contributed by atoms with Crippen molar-refractivity contribution in [3.05, 3.63) is 0 Å². The van der Waals surface area contributed by atoms with Gasteiger partial charge in [-0.2, -0.15) is 0 Å². The maximum absolute atomic E-state index is 11.8. The van der Waals surface area contributed by atoms with Gasteiger partial charge in [0, 0.05) is 7.05 Å². The summed E-state index contributed by atoms with van der Waals surface area (Å²) >= 11 is 0. The minimum atomic E-state index is -1.11. The lowest BCUT2D eigenvalue weighted by molar-refractivity contribution is -0.155. The molecule has 0 aromatic carbocycles. The summed E-state index contributed by atoms with van der Waals surface area (Å²) in [7, 11) is 1.50. The number of carbonyl (C=O) groups is 2. The van der Waals surface area contributed by atoms with Gasteiger partial charge in [0.05, 0.1) is 6.54 Å². The van der Waals surface area contributed by atoms with Crippen molar-refractivity contribution in [2.75, 3.05) is 13.6 Å². The Hall–Kier alpha value is -1.50. The van der Waals surface area contributed by atoms with Gasteiger partial charge in [-0.15, -0.1) is 6.42 Å². The van der Waals surface area contributed by atoms with E-state index in [0.29, 0.717) is 0 Å². The standard InChI is InChI=1S/C11H17NO3/c1-6-7-12(5)9(13)8(10(14)15)11(2,3)4/h1,8H,7H2,2-5H3,(H,14,15). The van der Waals surface area contributed by atoms with Gasteiger partial charge in [-0.05, 0) is 5.41 Å². The van der Waals surface area contributed by atoms with Gasteiger partial charge in [0.25, 0.3) is 0 Å². The summed E-state index contributed by atoms with van der Waals surface area (Å²) in [6.07, 6.45) is 5.06. The Morgan fingerprint density at radius 3 is 2.20 bits per heavy atom. The predicted molar refractivity (Wildman–Crippen MR) is 57.1 cm³/mol. The average molecular weight is 211 g/mol. The fraction of sp³-hybridized carbons (Fsp3) is 0.636. The summed E-state index contributed by atoms with van der Waals surface area (Å²) in [4.78, 5) is 24.0. The maximum Gasteiger partial charge on any atom is 0.316 e. The molecule has 84 valence electrons. The van der Waals surface area contributed by atoms with Gasteiger partial charge in [-0.3, -0.25) is 9.59 Å². The molecule has 0 spiro atoms. The molecule has 1 amide bonds. The summed E-state index contributed by atoms with van der Waals surface area (Å²) < 4.78 is 0. The summed E-state index contributed by atoms with van der Waals surface area (Å²) in [5, 5.41) is 9.00. The van der Waals surface area contributed by atoms with Crippen LogP contribution < -0.4 is 0 Å². The Morgan fingerprint density at radius 2 is 1.93 bits per heavy atom. The quantitative estimate of drug-likeness (QED) is 0.555. The normalized spacial score (nSPS) is 12.7. The SMILES string of the molecule is C#CCN(C)C(=O)C(C(=O)O)C(C)(C)C. The number of terminal acetylenes is 1. The Labute approximate surface area is 90.3 Å². The smallest absolute Gasteiger partial charge is 0.316 e. The van der Waals surface area contributed by atoms with E-state index in [0.717, 1.165) is 0 Å². The van der Waals surface area contributed by atoms with Gasteiger partial charge in [-0.25, -0.2) is 0 Å². The van der Waals surface area contributed by atoms with Gasteiger partial charge in [0.1, 0.15) is 5.92 Å². The van der Waals surface area contributed by atoms with E-state index in [9.17, 15) is 9.59 Å². The van der Waals surface area contributed by atoms with Crippen molar-refractivity contribution in [3.63, 3.8) is 0 Å². The van der Waals surface area contributed by atoms with E-state index < -0.39 is 23.2 Å². The van der Waals surface area contributed by atoms with E-state index >= 15 is 0 Å². The molecule has 0 saturated carbocycles. The number of aliphatic carboxylic acids is 1. The van der Waals surface area contributed by atoms with Crippen LogP contribution in [-0.2, 0) is 9.59 Å². The van der Waals surface area contributed by atoms with Gasteiger partial charge in [0.15, 0.2) is 0 Å². The Bertz CT molecular complexity index is 296. The van der Waals surface area contributed by atoms with Crippen LogP contribution in [0.3, 0.4) is 0 Å². The van der Waals surface area contributed by atoms with E-state index in [4.69, 9.17) is 11.5 Å². The third-order valence-corrected chi connectivity index (χ3v) is 2.06. The molecule has 0 saturated heterocycles. The molecular formula is C11H17NO3. The summed E-state index contributed by atoms with van der Waals surface area (Å²) in [6, 6.07) is 0. The first-order valence-corrected chi connectivity index (χ1v) is 4.63. The van der Waals surface area contributed by atoms with Crippen molar-refractivity contribution < 1.29 is 14.7 Å². The monoisotopic (exact) mass is 211 g/mol. The lowest BCUT2D eigenvalue weighted by atomic mass is 9.80. The van der Waals surface area contributed by atoms with Crippen molar-refractivity contribution in [2.24, 2.45) is 11.3 Å². The maximum atomic E-state index is 11.8. The van der Waals surface area contributed by atoms with Crippen LogP contribution in [0.5, 0.6) is 0 Å². The first-order chi connectivity index (χ1) is 6.71. The number of carbonyl (C=O) groups excluding carboxylic acids is 1. The molecule has 4 heteroatoms. The van der Waals surface area contributed by atoms with Crippen molar-refractivity contribution in [1.29, 1.82) is 0 Å². The highest BCUT2D eigenvalue weighted by Crippen LogP contribution is 2.27. The highest BCUT2D eigenvalue weighted by atomic mass is 16.4. The third kappa shape index (κ3) is 3.62. The minimum absolute atomic E-state index is 0.124. The molecule has 1 N–H and O–H groups in total. The topological polar surface area (TPSA) is 57.6 Å². The largest absolute Gasteiger partial charge is 0.481 e. The molecule has 0 rings (SSSR count). The molecular weight excluding hydrogens is 194 g/mol. The Morgan fingerprint density at radius 1 is 1.47 bits per heavy atom. The molecule has 0 aliphatic rings. The first-order valence-electron chi connectivity index (χ1n) is 4.63. The van der Waals surface area contributed by atoms with Crippen LogP contribution in [0.25, 0.3) is 0 Å². The minimum Gasteiger partial charge on any atom is -0.481 e. The fourth-order valence-electron chi connectivity index (χ4n) is 1.28. The van der Waals surface area contributed by atoms with E-state index in [1.807, 2.05) is 0 Å². The lowest BCUT2D eigenvalue weighted by Crippen LogP contribution is -2.43. The molecule has 1 atom stereocenters. The van der Waals surface area contributed by atoms with Crippen LogP contribution in [0.2, 0.25) is 0 Å². The molecule has 0 aromatic heterocycles. The van der Waals surface area contributed by atoms with Crippen LogP contribution in [0.15, 0.2) is 0 Å². The molecule has 0 aliphatic carbocycles. The third-order valence-electron chi connectivity index (χ3n) is 2.06. The van der Waals surface area contributed by atoms with Crippen LogP contribution in [-0.4, -0.2) is 35.5 Å². The number of hydrogen-bond acceptors (Lipinski definition) is 2.